The van der Waals surface area contributed by atoms with Crippen molar-refractivity contribution in [2.75, 3.05) is 6.54 Å². The van der Waals surface area contributed by atoms with Crippen LogP contribution in [0.3, 0.4) is 0 Å². The van der Waals surface area contributed by atoms with E-state index in [0.717, 1.165) is 34.5 Å². The second kappa shape index (κ2) is 5.72. The average molecular weight is 391 g/mol. The number of hydrogen-bond acceptors (Lipinski definition) is 4. The van der Waals surface area contributed by atoms with Gasteiger partial charge in [0, 0.05) is 11.0 Å². The van der Waals surface area contributed by atoms with Crippen LogP contribution in [0.4, 0.5) is 0 Å². The number of halogens is 1. The van der Waals surface area contributed by atoms with Crippen LogP contribution >= 0.6 is 27.3 Å². The summed E-state index contributed by atoms with van der Waals surface area (Å²) in [4.78, 5) is 20.0. The molecule has 1 saturated heterocycles. The molecule has 0 aliphatic carbocycles. The van der Waals surface area contributed by atoms with Crippen LogP contribution in [-0.2, 0) is 0 Å². The molecule has 0 saturated carbocycles. The Morgan fingerprint density at radius 1 is 1.43 bits per heavy atom. The second-order valence-corrected chi connectivity index (χ2v) is 7.60. The van der Waals surface area contributed by atoms with Gasteiger partial charge in [-0.1, -0.05) is 39.4 Å². The fourth-order valence-corrected chi connectivity index (χ4v) is 4.41. The number of carbonyl (C=O) groups is 1. The number of imidazole rings is 1. The zero-order valence-electron chi connectivity index (χ0n) is 12.6. The van der Waals surface area contributed by atoms with Crippen LogP contribution in [-0.4, -0.2) is 31.9 Å². The van der Waals surface area contributed by atoms with E-state index in [-0.39, 0.29) is 11.9 Å². The maximum atomic E-state index is 12.9. The highest BCUT2D eigenvalue weighted by Crippen LogP contribution is 2.34. The molecular formula is C16H15BrN4OS. The molecular weight excluding hydrogens is 376 g/mol. The Morgan fingerprint density at radius 2 is 2.30 bits per heavy atom. The van der Waals surface area contributed by atoms with Gasteiger partial charge in [0.05, 0.1) is 12.2 Å². The molecule has 7 heteroatoms. The van der Waals surface area contributed by atoms with Crippen molar-refractivity contribution in [1.29, 1.82) is 0 Å². The SMILES string of the molecule is Cc1ncc2sc(C(=O)N3CCCC3c3cccc(Br)c3)nn12. The van der Waals surface area contributed by atoms with E-state index < -0.39 is 0 Å². The minimum absolute atomic E-state index is 0.0144. The highest BCUT2D eigenvalue weighted by atomic mass is 79.9. The maximum Gasteiger partial charge on any atom is 0.285 e. The third-order valence-corrected chi connectivity index (χ3v) is 5.63. The van der Waals surface area contributed by atoms with Gasteiger partial charge in [0.2, 0.25) is 5.01 Å². The molecule has 5 nitrogen and oxygen atoms in total. The van der Waals surface area contributed by atoms with E-state index >= 15 is 0 Å². The monoisotopic (exact) mass is 390 g/mol. The number of hydrogen-bond donors (Lipinski definition) is 0. The molecule has 1 aliphatic heterocycles. The Labute approximate surface area is 146 Å². The molecule has 3 aromatic rings. The topological polar surface area (TPSA) is 50.5 Å². The number of aryl methyl sites for hydroxylation is 1. The van der Waals surface area contributed by atoms with E-state index in [2.05, 4.69) is 38.1 Å². The Hall–Kier alpha value is -1.73. The number of rotatable bonds is 2. The average Bonchev–Trinajstić information content (AvgIpc) is 3.24. The number of benzene rings is 1. The highest BCUT2D eigenvalue weighted by molar-refractivity contribution is 9.10. The predicted octanol–water partition coefficient (Wildman–Crippen LogP) is 3.84. The van der Waals surface area contributed by atoms with E-state index in [0.29, 0.717) is 5.01 Å². The van der Waals surface area contributed by atoms with Crippen molar-refractivity contribution in [3.05, 3.63) is 51.3 Å². The minimum atomic E-state index is 0.0144. The minimum Gasteiger partial charge on any atom is -0.329 e. The van der Waals surface area contributed by atoms with Crippen molar-refractivity contribution in [3.8, 4) is 0 Å². The third-order valence-electron chi connectivity index (χ3n) is 4.20. The van der Waals surface area contributed by atoms with E-state index in [1.165, 1.54) is 16.9 Å². The van der Waals surface area contributed by atoms with Crippen molar-refractivity contribution < 1.29 is 4.79 Å². The molecule has 0 radical (unpaired) electrons. The zero-order valence-corrected chi connectivity index (χ0v) is 15.0. The zero-order chi connectivity index (χ0) is 16.0. The summed E-state index contributed by atoms with van der Waals surface area (Å²) >= 11 is 4.92. The van der Waals surface area contributed by atoms with E-state index in [1.807, 2.05) is 24.0 Å². The molecule has 1 aromatic carbocycles. The third kappa shape index (κ3) is 2.57. The van der Waals surface area contributed by atoms with Gasteiger partial charge in [0.15, 0.2) is 0 Å². The summed E-state index contributed by atoms with van der Waals surface area (Å²) in [6.07, 6.45) is 3.78. The Morgan fingerprint density at radius 3 is 3.09 bits per heavy atom. The summed E-state index contributed by atoms with van der Waals surface area (Å²) in [6, 6.07) is 8.33. The van der Waals surface area contributed by atoms with Gasteiger partial charge in [0.1, 0.15) is 10.7 Å². The molecule has 0 spiro atoms. The van der Waals surface area contributed by atoms with Crippen LogP contribution in [0.25, 0.3) is 4.83 Å². The summed E-state index contributed by atoms with van der Waals surface area (Å²) in [5, 5.41) is 4.97. The fraction of sp³-hybridized carbons (Fsp3) is 0.312. The van der Waals surface area contributed by atoms with Gasteiger partial charge in [0.25, 0.3) is 5.91 Å². The lowest BCUT2D eigenvalue weighted by atomic mass is 10.0. The Bertz CT molecular complexity index is 887. The van der Waals surface area contributed by atoms with Crippen LogP contribution in [0.1, 0.15) is 40.1 Å². The van der Waals surface area contributed by atoms with Crippen LogP contribution in [0.5, 0.6) is 0 Å². The number of fused-ring (bicyclic) bond motifs is 1. The second-order valence-electron chi connectivity index (χ2n) is 5.67. The van der Waals surface area contributed by atoms with Gasteiger partial charge in [-0.25, -0.2) is 9.50 Å². The quantitative estimate of drug-likeness (QED) is 0.667. The van der Waals surface area contributed by atoms with Gasteiger partial charge in [-0.2, -0.15) is 0 Å². The normalized spacial score (nSPS) is 18.0. The first-order valence-corrected chi connectivity index (χ1v) is 9.12. The molecule has 1 aliphatic rings. The summed E-state index contributed by atoms with van der Waals surface area (Å²) in [5.41, 5.74) is 1.17. The van der Waals surface area contributed by atoms with Crippen LogP contribution in [0, 0.1) is 6.92 Å². The molecule has 0 N–H and O–H groups in total. The molecule has 2 aromatic heterocycles. The van der Waals surface area contributed by atoms with E-state index in [1.54, 1.807) is 10.7 Å². The van der Waals surface area contributed by atoms with Crippen molar-refractivity contribution in [1.82, 2.24) is 19.5 Å². The number of nitrogens with zero attached hydrogens (tertiary/aromatic N) is 4. The lowest BCUT2D eigenvalue weighted by molar-refractivity contribution is 0.0734. The first-order valence-electron chi connectivity index (χ1n) is 7.51. The molecule has 1 fully saturated rings. The molecule has 1 amide bonds. The smallest absolute Gasteiger partial charge is 0.285 e. The van der Waals surface area contributed by atoms with Crippen molar-refractivity contribution >= 4 is 38.0 Å². The standard InChI is InChI=1S/C16H15BrN4OS/c1-10-18-9-14-21(10)19-15(23-14)16(22)20-7-3-6-13(20)11-4-2-5-12(17)8-11/h2,4-5,8-9,13H,3,6-7H2,1H3. The first kappa shape index (κ1) is 14.8. The lowest BCUT2D eigenvalue weighted by Crippen LogP contribution is -2.30. The number of carbonyl (C=O) groups excluding carboxylic acids is 1. The largest absolute Gasteiger partial charge is 0.329 e. The fourth-order valence-electron chi connectivity index (χ4n) is 3.10. The molecule has 3 heterocycles. The van der Waals surface area contributed by atoms with E-state index in [4.69, 9.17) is 0 Å². The highest BCUT2D eigenvalue weighted by Gasteiger charge is 2.32. The predicted molar refractivity (Wildman–Crippen MR) is 92.8 cm³/mol. The van der Waals surface area contributed by atoms with Crippen LogP contribution in [0.2, 0.25) is 0 Å². The summed E-state index contributed by atoms with van der Waals surface area (Å²) in [5.74, 6) is 0.820. The molecule has 1 unspecified atom stereocenters. The van der Waals surface area contributed by atoms with Crippen molar-refractivity contribution in [2.24, 2.45) is 0 Å². The molecule has 23 heavy (non-hydrogen) atoms. The number of likely N-dealkylation sites (tertiary alicyclic amines) is 1. The van der Waals surface area contributed by atoms with Gasteiger partial charge >= 0.3 is 0 Å². The van der Waals surface area contributed by atoms with Crippen molar-refractivity contribution in [3.63, 3.8) is 0 Å². The first-order chi connectivity index (χ1) is 11.1. The van der Waals surface area contributed by atoms with Crippen LogP contribution < -0.4 is 0 Å². The van der Waals surface area contributed by atoms with Gasteiger partial charge in [-0.3, -0.25) is 4.79 Å². The van der Waals surface area contributed by atoms with Crippen LogP contribution in [0.15, 0.2) is 34.9 Å². The number of aromatic nitrogens is 3. The Balaban J connectivity index is 1.66. The molecule has 0 bridgehead atoms. The maximum absolute atomic E-state index is 12.9. The lowest BCUT2D eigenvalue weighted by Gasteiger charge is -2.24. The summed E-state index contributed by atoms with van der Waals surface area (Å²) in [6.45, 7) is 2.67. The van der Waals surface area contributed by atoms with Gasteiger partial charge < -0.3 is 4.90 Å². The van der Waals surface area contributed by atoms with Gasteiger partial charge in [-0.05, 0) is 37.5 Å². The van der Waals surface area contributed by atoms with E-state index in [9.17, 15) is 4.79 Å². The Kier molecular flexibility index (Phi) is 3.69. The molecule has 4 rings (SSSR count). The molecule has 118 valence electrons. The molecule has 1 atom stereocenters. The number of amides is 1. The van der Waals surface area contributed by atoms with Gasteiger partial charge in [-0.15, -0.1) is 5.10 Å². The summed E-state index contributed by atoms with van der Waals surface area (Å²) < 4.78 is 2.78. The van der Waals surface area contributed by atoms with Crippen molar-refractivity contribution in [2.45, 2.75) is 25.8 Å². The summed E-state index contributed by atoms with van der Waals surface area (Å²) in [7, 11) is 0.